The topological polar surface area (TPSA) is 76.1 Å². The Hall–Kier alpha value is -2.08. The molecule has 0 saturated heterocycles. The number of methoxy groups -OCH3 is 2. The molecule has 21 heavy (non-hydrogen) atoms. The van der Waals surface area contributed by atoms with Crippen molar-refractivity contribution < 1.29 is 24.2 Å². The van der Waals surface area contributed by atoms with Crippen molar-refractivity contribution in [3.8, 4) is 5.75 Å². The van der Waals surface area contributed by atoms with Crippen molar-refractivity contribution >= 4 is 11.9 Å². The molecular formula is C15H21NO5. The van der Waals surface area contributed by atoms with E-state index < -0.39 is 11.9 Å². The zero-order valence-corrected chi connectivity index (χ0v) is 12.5. The molecular weight excluding hydrogens is 274 g/mol. The van der Waals surface area contributed by atoms with E-state index in [1.54, 1.807) is 31.2 Å². The lowest BCUT2D eigenvalue weighted by molar-refractivity contribution is -0.141. The molecule has 1 rings (SSSR count). The summed E-state index contributed by atoms with van der Waals surface area (Å²) in [6.07, 6.45) is 0. The van der Waals surface area contributed by atoms with Gasteiger partial charge in [-0.1, -0.05) is 19.1 Å². The first kappa shape index (κ1) is 17.0. The molecule has 6 heteroatoms. The highest BCUT2D eigenvalue weighted by Crippen LogP contribution is 2.19. The third-order valence-electron chi connectivity index (χ3n) is 3.11. The number of nitrogens with zero attached hydrogens (tertiary/aromatic N) is 1. The number of ether oxygens (including phenoxy) is 2. The summed E-state index contributed by atoms with van der Waals surface area (Å²) in [5.74, 6) is -1.39. The van der Waals surface area contributed by atoms with Crippen molar-refractivity contribution in [3.63, 3.8) is 0 Å². The van der Waals surface area contributed by atoms with Crippen molar-refractivity contribution in [2.24, 2.45) is 5.92 Å². The van der Waals surface area contributed by atoms with Crippen LogP contribution in [0.4, 0.5) is 0 Å². The standard InChI is InChI=1S/C15H21NO5/c1-11(15(18)19)10-16(8-9-20-2)14(17)12-6-4-5-7-13(12)21-3/h4-7,11H,8-10H2,1-3H3,(H,18,19). The molecule has 0 saturated carbocycles. The minimum atomic E-state index is -0.940. The number of carbonyl (C=O) groups is 2. The zero-order chi connectivity index (χ0) is 15.8. The van der Waals surface area contributed by atoms with E-state index in [1.165, 1.54) is 19.1 Å². The predicted molar refractivity (Wildman–Crippen MR) is 77.6 cm³/mol. The Kier molecular flexibility index (Phi) is 6.68. The molecule has 0 aromatic heterocycles. The lowest BCUT2D eigenvalue weighted by Gasteiger charge is -2.25. The average Bonchev–Trinajstić information content (AvgIpc) is 2.50. The van der Waals surface area contributed by atoms with E-state index in [9.17, 15) is 9.59 Å². The number of rotatable bonds is 8. The van der Waals surface area contributed by atoms with Crippen LogP contribution in [0.15, 0.2) is 24.3 Å². The third kappa shape index (κ3) is 4.75. The molecule has 0 aliphatic rings. The van der Waals surface area contributed by atoms with Crippen LogP contribution >= 0.6 is 0 Å². The van der Waals surface area contributed by atoms with E-state index in [4.69, 9.17) is 14.6 Å². The normalized spacial score (nSPS) is 11.8. The van der Waals surface area contributed by atoms with Crippen LogP contribution in [0.2, 0.25) is 0 Å². The van der Waals surface area contributed by atoms with Gasteiger partial charge in [0.1, 0.15) is 5.75 Å². The van der Waals surface area contributed by atoms with Gasteiger partial charge in [-0.05, 0) is 12.1 Å². The number of amides is 1. The molecule has 1 N–H and O–H groups in total. The lowest BCUT2D eigenvalue weighted by Crippen LogP contribution is -2.39. The van der Waals surface area contributed by atoms with Crippen LogP contribution in [0.3, 0.4) is 0 Å². The number of aliphatic carboxylic acids is 1. The Morgan fingerprint density at radius 3 is 2.52 bits per heavy atom. The number of carboxylic acids is 1. The fourth-order valence-electron chi connectivity index (χ4n) is 1.88. The molecule has 116 valence electrons. The molecule has 0 spiro atoms. The summed E-state index contributed by atoms with van der Waals surface area (Å²) in [5.41, 5.74) is 0.411. The first-order valence-corrected chi connectivity index (χ1v) is 6.65. The SMILES string of the molecule is COCCN(CC(C)C(=O)O)C(=O)c1ccccc1OC. The average molecular weight is 295 g/mol. The minimum Gasteiger partial charge on any atom is -0.496 e. The fraction of sp³-hybridized carbons (Fsp3) is 0.467. The van der Waals surface area contributed by atoms with E-state index >= 15 is 0 Å². The van der Waals surface area contributed by atoms with Gasteiger partial charge in [-0.15, -0.1) is 0 Å². The van der Waals surface area contributed by atoms with Gasteiger partial charge in [-0.3, -0.25) is 9.59 Å². The molecule has 1 aromatic carbocycles. The Balaban J connectivity index is 2.95. The van der Waals surface area contributed by atoms with Crippen LogP contribution in [-0.4, -0.2) is 55.8 Å². The quantitative estimate of drug-likeness (QED) is 0.786. The molecule has 0 heterocycles. The van der Waals surface area contributed by atoms with Gasteiger partial charge in [0.25, 0.3) is 5.91 Å². The Morgan fingerprint density at radius 1 is 1.29 bits per heavy atom. The highest BCUT2D eigenvalue weighted by atomic mass is 16.5. The van der Waals surface area contributed by atoms with Crippen molar-refractivity contribution in [1.29, 1.82) is 0 Å². The van der Waals surface area contributed by atoms with Gasteiger partial charge < -0.3 is 19.5 Å². The monoisotopic (exact) mass is 295 g/mol. The number of carboxylic acid groups (broad SMARTS) is 1. The van der Waals surface area contributed by atoms with Crippen molar-refractivity contribution in [2.75, 3.05) is 33.9 Å². The summed E-state index contributed by atoms with van der Waals surface area (Å²) in [4.78, 5) is 25.1. The Bertz CT molecular complexity index is 489. The summed E-state index contributed by atoms with van der Waals surface area (Å²) < 4.78 is 10.2. The Morgan fingerprint density at radius 2 is 1.95 bits per heavy atom. The van der Waals surface area contributed by atoms with Crippen LogP contribution in [0.25, 0.3) is 0 Å². The molecule has 0 aliphatic carbocycles. The second-order valence-corrected chi connectivity index (χ2v) is 4.68. The number of benzene rings is 1. The van der Waals surface area contributed by atoms with Gasteiger partial charge in [0.05, 0.1) is 25.2 Å². The van der Waals surface area contributed by atoms with Crippen LogP contribution in [-0.2, 0) is 9.53 Å². The van der Waals surface area contributed by atoms with E-state index in [1.807, 2.05) is 0 Å². The molecule has 1 atom stereocenters. The molecule has 0 bridgehead atoms. The van der Waals surface area contributed by atoms with Crippen molar-refractivity contribution in [1.82, 2.24) is 4.90 Å². The molecule has 0 aliphatic heterocycles. The molecule has 1 amide bonds. The maximum atomic E-state index is 12.6. The second kappa shape index (κ2) is 8.26. The number of para-hydroxylation sites is 1. The predicted octanol–water partition coefficient (Wildman–Crippen LogP) is 1.50. The first-order chi connectivity index (χ1) is 10.0. The van der Waals surface area contributed by atoms with E-state index in [0.717, 1.165) is 0 Å². The fourth-order valence-corrected chi connectivity index (χ4v) is 1.88. The third-order valence-corrected chi connectivity index (χ3v) is 3.11. The minimum absolute atomic E-state index is 0.121. The summed E-state index contributed by atoms with van der Waals surface area (Å²) in [5, 5.41) is 9.02. The van der Waals surface area contributed by atoms with E-state index in [0.29, 0.717) is 24.5 Å². The van der Waals surface area contributed by atoms with Gasteiger partial charge in [-0.2, -0.15) is 0 Å². The highest BCUT2D eigenvalue weighted by molar-refractivity contribution is 5.97. The van der Waals surface area contributed by atoms with Crippen LogP contribution in [0.5, 0.6) is 5.75 Å². The molecule has 0 fully saturated rings. The zero-order valence-electron chi connectivity index (χ0n) is 12.5. The maximum absolute atomic E-state index is 12.6. The summed E-state index contributed by atoms with van der Waals surface area (Å²) in [7, 11) is 3.03. The molecule has 0 radical (unpaired) electrons. The van der Waals surface area contributed by atoms with E-state index in [-0.39, 0.29) is 12.5 Å². The summed E-state index contributed by atoms with van der Waals surface area (Å²) in [6.45, 7) is 2.35. The van der Waals surface area contributed by atoms with Crippen molar-refractivity contribution in [3.05, 3.63) is 29.8 Å². The van der Waals surface area contributed by atoms with Crippen LogP contribution < -0.4 is 4.74 Å². The first-order valence-electron chi connectivity index (χ1n) is 6.65. The van der Waals surface area contributed by atoms with E-state index in [2.05, 4.69) is 0 Å². The summed E-state index contributed by atoms with van der Waals surface area (Å²) >= 11 is 0. The second-order valence-electron chi connectivity index (χ2n) is 4.68. The van der Waals surface area contributed by atoms with Crippen LogP contribution in [0.1, 0.15) is 17.3 Å². The van der Waals surface area contributed by atoms with Crippen LogP contribution in [0, 0.1) is 5.92 Å². The maximum Gasteiger partial charge on any atom is 0.308 e. The van der Waals surface area contributed by atoms with Gasteiger partial charge in [0.2, 0.25) is 0 Å². The van der Waals surface area contributed by atoms with Gasteiger partial charge in [0, 0.05) is 20.2 Å². The summed E-state index contributed by atoms with van der Waals surface area (Å²) in [6, 6.07) is 6.87. The largest absolute Gasteiger partial charge is 0.496 e. The molecule has 1 unspecified atom stereocenters. The van der Waals surface area contributed by atoms with Gasteiger partial charge in [0.15, 0.2) is 0 Å². The number of hydrogen-bond acceptors (Lipinski definition) is 4. The van der Waals surface area contributed by atoms with Crippen molar-refractivity contribution in [2.45, 2.75) is 6.92 Å². The van der Waals surface area contributed by atoms with Gasteiger partial charge >= 0.3 is 5.97 Å². The highest BCUT2D eigenvalue weighted by Gasteiger charge is 2.23. The number of carbonyl (C=O) groups excluding carboxylic acids is 1. The molecule has 1 aromatic rings. The smallest absolute Gasteiger partial charge is 0.308 e. The number of hydrogen-bond donors (Lipinski definition) is 1. The van der Waals surface area contributed by atoms with Gasteiger partial charge in [-0.25, -0.2) is 0 Å². The lowest BCUT2D eigenvalue weighted by atomic mass is 10.1. The Labute approximate surface area is 124 Å². The molecule has 6 nitrogen and oxygen atoms in total.